The molecular weight excluding hydrogens is 230 g/mol. The molecule has 1 aromatic heterocycles. The highest BCUT2D eigenvalue weighted by Crippen LogP contribution is 2.18. The number of aliphatic hydroxyl groups excluding tert-OH is 1. The van der Waals surface area contributed by atoms with Crippen molar-refractivity contribution in [1.82, 2.24) is 9.97 Å². The van der Waals surface area contributed by atoms with Crippen molar-refractivity contribution in [2.75, 3.05) is 11.9 Å². The van der Waals surface area contributed by atoms with Crippen LogP contribution >= 0.6 is 0 Å². The Balaban J connectivity index is 2.85. The van der Waals surface area contributed by atoms with Crippen LogP contribution in [0.2, 0.25) is 0 Å². The summed E-state index contributed by atoms with van der Waals surface area (Å²) in [7, 11) is 0. The number of nitrogens with zero attached hydrogens (tertiary/aromatic N) is 2. The van der Waals surface area contributed by atoms with Gasteiger partial charge in [-0.3, -0.25) is 0 Å². The average molecular weight is 253 g/mol. The third-order valence-corrected chi connectivity index (χ3v) is 2.37. The Hall–Kier alpha value is -1.36. The van der Waals surface area contributed by atoms with E-state index in [9.17, 15) is 0 Å². The summed E-state index contributed by atoms with van der Waals surface area (Å²) in [6.45, 7) is 9.94. The van der Waals surface area contributed by atoms with Gasteiger partial charge >= 0.3 is 0 Å². The van der Waals surface area contributed by atoms with E-state index in [4.69, 9.17) is 9.84 Å². The normalized spacial score (nSPS) is 11.7. The van der Waals surface area contributed by atoms with Crippen LogP contribution in [0.4, 0.5) is 5.95 Å². The van der Waals surface area contributed by atoms with Gasteiger partial charge in [0.2, 0.25) is 11.8 Å². The van der Waals surface area contributed by atoms with Crippen molar-refractivity contribution in [1.29, 1.82) is 0 Å². The predicted octanol–water partition coefficient (Wildman–Crippen LogP) is 2.15. The number of hydrogen-bond acceptors (Lipinski definition) is 5. The fraction of sp³-hybridized carbons (Fsp3) is 0.692. The monoisotopic (exact) mass is 253 g/mol. The van der Waals surface area contributed by atoms with Crippen LogP contribution in [0, 0.1) is 6.92 Å². The summed E-state index contributed by atoms with van der Waals surface area (Å²) in [5.74, 6) is 1.10. The number of nitrogens with one attached hydrogen (secondary N) is 1. The van der Waals surface area contributed by atoms with Gasteiger partial charge in [-0.1, -0.05) is 0 Å². The van der Waals surface area contributed by atoms with Gasteiger partial charge in [0.1, 0.15) is 0 Å². The summed E-state index contributed by atoms with van der Waals surface area (Å²) in [5.41, 5.74) is 0.598. The van der Waals surface area contributed by atoms with Gasteiger partial charge in [0.05, 0.1) is 6.10 Å². The molecule has 0 aliphatic carbocycles. The second-order valence-electron chi connectivity index (χ2n) is 5.32. The molecule has 1 aromatic rings. The number of rotatable bonds is 6. The van der Waals surface area contributed by atoms with Crippen molar-refractivity contribution < 1.29 is 9.84 Å². The SMILES string of the molecule is Cc1cc(OC(C)C)nc(NC(C)(C)CCO)n1. The van der Waals surface area contributed by atoms with Gasteiger partial charge in [-0.2, -0.15) is 4.98 Å². The van der Waals surface area contributed by atoms with Gasteiger partial charge in [0, 0.05) is 23.9 Å². The minimum Gasteiger partial charge on any atom is -0.475 e. The molecule has 0 aromatic carbocycles. The number of ether oxygens (including phenoxy) is 1. The highest BCUT2D eigenvalue weighted by atomic mass is 16.5. The Morgan fingerprint density at radius 1 is 1.39 bits per heavy atom. The molecule has 102 valence electrons. The molecule has 0 amide bonds. The van der Waals surface area contributed by atoms with Crippen LogP contribution in [0.3, 0.4) is 0 Å². The lowest BCUT2D eigenvalue weighted by Gasteiger charge is -2.25. The van der Waals surface area contributed by atoms with Crippen molar-refractivity contribution in [3.05, 3.63) is 11.8 Å². The van der Waals surface area contributed by atoms with Crippen LogP contribution in [0.1, 0.15) is 39.8 Å². The molecule has 5 nitrogen and oxygen atoms in total. The minimum atomic E-state index is -0.252. The summed E-state index contributed by atoms with van der Waals surface area (Å²) in [6, 6.07) is 1.81. The van der Waals surface area contributed by atoms with Crippen molar-refractivity contribution in [2.45, 2.75) is 52.7 Å². The molecule has 5 heteroatoms. The standard InChI is InChI=1S/C13H23N3O2/c1-9(2)18-11-8-10(3)14-12(15-11)16-13(4,5)6-7-17/h8-9,17H,6-7H2,1-5H3,(H,14,15,16). The highest BCUT2D eigenvalue weighted by molar-refractivity contribution is 5.33. The van der Waals surface area contributed by atoms with Crippen LogP contribution in [0.5, 0.6) is 5.88 Å². The maximum absolute atomic E-state index is 9.00. The third-order valence-electron chi connectivity index (χ3n) is 2.37. The molecule has 0 radical (unpaired) electrons. The molecule has 0 fully saturated rings. The predicted molar refractivity (Wildman–Crippen MR) is 71.9 cm³/mol. The lowest BCUT2D eigenvalue weighted by atomic mass is 10.0. The minimum absolute atomic E-state index is 0.0811. The van der Waals surface area contributed by atoms with Crippen LogP contribution in [-0.4, -0.2) is 33.3 Å². The second kappa shape index (κ2) is 6.00. The fourth-order valence-electron chi connectivity index (χ4n) is 1.54. The van der Waals surface area contributed by atoms with E-state index in [0.717, 1.165) is 5.69 Å². The number of anilines is 1. The summed E-state index contributed by atoms with van der Waals surface area (Å²) < 4.78 is 5.57. The van der Waals surface area contributed by atoms with Gasteiger partial charge in [0.15, 0.2) is 0 Å². The van der Waals surface area contributed by atoms with Gasteiger partial charge in [-0.25, -0.2) is 4.98 Å². The Bertz CT molecular complexity index is 392. The third kappa shape index (κ3) is 4.87. The molecule has 0 aliphatic rings. The molecule has 0 aliphatic heterocycles. The molecular formula is C13H23N3O2. The Labute approximate surface area is 109 Å². The maximum Gasteiger partial charge on any atom is 0.226 e. The van der Waals surface area contributed by atoms with Gasteiger partial charge in [-0.15, -0.1) is 0 Å². The Kier molecular flexibility index (Phi) is 4.90. The number of aromatic nitrogens is 2. The molecule has 1 rings (SSSR count). The zero-order valence-electron chi connectivity index (χ0n) is 11.8. The summed E-state index contributed by atoms with van der Waals surface area (Å²) in [4.78, 5) is 8.64. The number of hydrogen-bond donors (Lipinski definition) is 2. The molecule has 0 spiro atoms. The molecule has 0 unspecified atom stereocenters. The molecule has 1 heterocycles. The number of aliphatic hydroxyl groups is 1. The molecule has 0 saturated heterocycles. The first-order valence-corrected chi connectivity index (χ1v) is 6.24. The van der Waals surface area contributed by atoms with Crippen molar-refractivity contribution in [3.63, 3.8) is 0 Å². The zero-order valence-corrected chi connectivity index (χ0v) is 11.8. The van der Waals surface area contributed by atoms with E-state index in [1.54, 1.807) is 0 Å². The van der Waals surface area contributed by atoms with Crippen LogP contribution in [-0.2, 0) is 0 Å². The topological polar surface area (TPSA) is 67.3 Å². The van der Waals surface area contributed by atoms with Gasteiger partial charge in [-0.05, 0) is 41.0 Å². The lowest BCUT2D eigenvalue weighted by molar-refractivity contribution is 0.232. The van der Waals surface area contributed by atoms with Crippen LogP contribution < -0.4 is 10.1 Å². The maximum atomic E-state index is 9.00. The van der Waals surface area contributed by atoms with Crippen LogP contribution in [0.25, 0.3) is 0 Å². The quantitative estimate of drug-likeness (QED) is 0.813. The highest BCUT2D eigenvalue weighted by Gasteiger charge is 2.18. The fourth-order valence-corrected chi connectivity index (χ4v) is 1.54. The second-order valence-corrected chi connectivity index (χ2v) is 5.32. The first-order chi connectivity index (χ1) is 8.32. The van der Waals surface area contributed by atoms with E-state index < -0.39 is 0 Å². The van der Waals surface area contributed by atoms with E-state index >= 15 is 0 Å². The smallest absolute Gasteiger partial charge is 0.226 e. The van der Waals surface area contributed by atoms with Gasteiger partial charge in [0.25, 0.3) is 0 Å². The lowest BCUT2D eigenvalue weighted by Crippen LogP contribution is -2.33. The molecule has 2 N–H and O–H groups in total. The zero-order chi connectivity index (χ0) is 13.8. The van der Waals surface area contributed by atoms with E-state index in [0.29, 0.717) is 18.2 Å². The van der Waals surface area contributed by atoms with Crippen molar-refractivity contribution in [2.24, 2.45) is 0 Å². The molecule has 0 saturated carbocycles. The molecule has 0 bridgehead atoms. The largest absolute Gasteiger partial charge is 0.475 e. The van der Waals surface area contributed by atoms with Crippen LogP contribution in [0.15, 0.2) is 6.07 Å². The van der Waals surface area contributed by atoms with Gasteiger partial charge < -0.3 is 15.2 Å². The first kappa shape index (κ1) is 14.7. The Morgan fingerprint density at radius 3 is 2.61 bits per heavy atom. The summed E-state index contributed by atoms with van der Waals surface area (Å²) in [6.07, 6.45) is 0.711. The first-order valence-electron chi connectivity index (χ1n) is 6.24. The average Bonchev–Trinajstić information content (AvgIpc) is 2.13. The summed E-state index contributed by atoms with van der Waals surface area (Å²) in [5, 5.41) is 12.2. The summed E-state index contributed by atoms with van der Waals surface area (Å²) >= 11 is 0. The van der Waals surface area contributed by atoms with E-state index in [2.05, 4.69) is 15.3 Å². The van der Waals surface area contributed by atoms with E-state index in [-0.39, 0.29) is 18.2 Å². The number of aryl methyl sites for hydroxylation is 1. The van der Waals surface area contributed by atoms with Crippen molar-refractivity contribution in [3.8, 4) is 5.88 Å². The van der Waals surface area contributed by atoms with E-state index in [1.807, 2.05) is 40.7 Å². The van der Waals surface area contributed by atoms with Crippen molar-refractivity contribution >= 4 is 5.95 Å². The molecule has 0 atom stereocenters. The van der Waals surface area contributed by atoms with E-state index in [1.165, 1.54) is 0 Å². The Morgan fingerprint density at radius 2 is 2.06 bits per heavy atom. The molecule has 18 heavy (non-hydrogen) atoms.